The highest BCUT2D eigenvalue weighted by molar-refractivity contribution is 8.01. The molecule has 0 aromatic carbocycles. The van der Waals surface area contributed by atoms with Crippen molar-refractivity contribution in [3.63, 3.8) is 0 Å². The molecule has 0 aromatic heterocycles. The summed E-state index contributed by atoms with van der Waals surface area (Å²) in [4.78, 5) is 10.4. The minimum atomic E-state index is 0.102. The van der Waals surface area contributed by atoms with Gasteiger partial charge in [0.2, 0.25) is 5.91 Å². The number of nitrogens with two attached hydrogens (primary N) is 1. The van der Waals surface area contributed by atoms with Crippen LogP contribution in [0, 0.1) is 0 Å². The molecule has 1 aliphatic heterocycles. The summed E-state index contributed by atoms with van der Waals surface area (Å²) in [7, 11) is 0. The topological polar surface area (TPSA) is 55.1 Å². The number of amides is 1. The minimum absolute atomic E-state index is 0.102. The van der Waals surface area contributed by atoms with Crippen molar-refractivity contribution in [2.75, 3.05) is 12.3 Å². The second-order valence-electron chi connectivity index (χ2n) is 1.60. The van der Waals surface area contributed by atoms with Crippen molar-refractivity contribution in [1.82, 2.24) is 5.32 Å². The van der Waals surface area contributed by atoms with Gasteiger partial charge in [-0.3, -0.25) is 4.79 Å². The molecule has 0 radical (unpaired) electrons. The fourth-order valence-corrected chi connectivity index (χ4v) is 1.35. The highest BCUT2D eigenvalue weighted by Crippen LogP contribution is 2.12. The number of thioether (sulfide) groups is 1. The number of carbonyl (C=O) groups excluding carboxylic acids is 1. The number of carbonyl (C=O) groups is 1. The van der Waals surface area contributed by atoms with Gasteiger partial charge in [-0.1, -0.05) is 0 Å². The summed E-state index contributed by atoms with van der Waals surface area (Å²) in [6, 6.07) is 0. The third-order valence-electron chi connectivity index (χ3n) is 0.952. The van der Waals surface area contributed by atoms with Crippen molar-refractivity contribution in [1.29, 1.82) is 0 Å². The Bertz CT molecular complexity index is 106. The van der Waals surface area contributed by atoms with E-state index in [-0.39, 0.29) is 11.3 Å². The van der Waals surface area contributed by atoms with Crippen LogP contribution in [0.25, 0.3) is 0 Å². The molecular formula is C4H8N2OS. The third-order valence-corrected chi connectivity index (χ3v) is 2.09. The standard InChI is InChI=1S/C4H8N2OS/c5-1-4-6-3(7)2-8-4/h4H,1-2,5H2,(H,6,7). The number of nitrogens with one attached hydrogen (secondary N) is 1. The molecule has 3 nitrogen and oxygen atoms in total. The zero-order chi connectivity index (χ0) is 5.98. The third kappa shape index (κ3) is 1.14. The van der Waals surface area contributed by atoms with Gasteiger partial charge in [0.25, 0.3) is 0 Å². The van der Waals surface area contributed by atoms with Gasteiger partial charge in [0.05, 0.1) is 11.1 Å². The lowest BCUT2D eigenvalue weighted by Crippen LogP contribution is -2.30. The molecule has 0 spiro atoms. The van der Waals surface area contributed by atoms with Crippen LogP contribution in [0.1, 0.15) is 0 Å². The van der Waals surface area contributed by atoms with Gasteiger partial charge in [0.15, 0.2) is 0 Å². The summed E-state index contributed by atoms with van der Waals surface area (Å²) in [6.07, 6.45) is 0. The van der Waals surface area contributed by atoms with Gasteiger partial charge in [-0.25, -0.2) is 0 Å². The van der Waals surface area contributed by atoms with Crippen LogP contribution in [0.5, 0.6) is 0 Å². The van der Waals surface area contributed by atoms with Gasteiger partial charge in [0.1, 0.15) is 0 Å². The van der Waals surface area contributed by atoms with E-state index in [0.717, 1.165) is 0 Å². The minimum Gasteiger partial charge on any atom is -0.342 e. The lowest BCUT2D eigenvalue weighted by molar-refractivity contribution is -0.118. The highest BCUT2D eigenvalue weighted by Gasteiger charge is 2.18. The molecule has 1 saturated heterocycles. The van der Waals surface area contributed by atoms with Gasteiger partial charge in [-0.05, 0) is 0 Å². The molecule has 0 bridgehead atoms. The largest absolute Gasteiger partial charge is 0.342 e. The summed E-state index contributed by atoms with van der Waals surface area (Å²) in [6.45, 7) is 0.538. The van der Waals surface area contributed by atoms with Crippen LogP contribution in [-0.4, -0.2) is 23.6 Å². The Morgan fingerprint density at radius 1 is 2.00 bits per heavy atom. The van der Waals surface area contributed by atoms with Gasteiger partial charge >= 0.3 is 0 Å². The maximum atomic E-state index is 10.4. The lowest BCUT2D eigenvalue weighted by atomic mass is 10.6. The average Bonchev–Trinajstić information content (AvgIpc) is 2.14. The van der Waals surface area contributed by atoms with Crippen molar-refractivity contribution in [2.45, 2.75) is 5.37 Å². The van der Waals surface area contributed by atoms with E-state index in [4.69, 9.17) is 5.73 Å². The summed E-state index contributed by atoms with van der Waals surface area (Å²) >= 11 is 1.56. The van der Waals surface area contributed by atoms with E-state index in [2.05, 4.69) is 5.32 Å². The first kappa shape index (κ1) is 5.91. The Labute approximate surface area is 52.0 Å². The van der Waals surface area contributed by atoms with Gasteiger partial charge in [-0.2, -0.15) is 0 Å². The van der Waals surface area contributed by atoms with Crippen LogP contribution >= 0.6 is 11.8 Å². The highest BCUT2D eigenvalue weighted by atomic mass is 32.2. The van der Waals surface area contributed by atoms with E-state index in [1.165, 1.54) is 0 Å². The van der Waals surface area contributed by atoms with Crippen molar-refractivity contribution in [2.24, 2.45) is 5.73 Å². The molecule has 1 unspecified atom stereocenters. The first-order valence-electron chi connectivity index (χ1n) is 2.44. The van der Waals surface area contributed by atoms with E-state index in [1.807, 2.05) is 0 Å². The van der Waals surface area contributed by atoms with Gasteiger partial charge in [0, 0.05) is 6.54 Å². The van der Waals surface area contributed by atoms with Gasteiger partial charge in [-0.15, -0.1) is 11.8 Å². The van der Waals surface area contributed by atoms with E-state index >= 15 is 0 Å². The number of hydrogen-bond acceptors (Lipinski definition) is 3. The van der Waals surface area contributed by atoms with Crippen LogP contribution < -0.4 is 11.1 Å². The van der Waals surface area contributed by atoms with Crippen molar-refractivity contribution < 1.29 is 4.79 Å². The Morgan fingerprint density at radius 3 is 3.00 bits per heavy atom. The van der Waals surface area contributed by atoms with E-state index in [1.54, 1.807) is 11.8 Å². The van der Waals surface area contributed by atoms with Crippen molar-refractivity contribution in [3.8, 4) is 0 Å². The predicted octanol–water partition coefficient (Wildman–Crippen LogP) is -0.866. The Morgan fingerprint density at radius 2 is 2.75 bits per heavy atom. The molecule has 1 atom stereocenters. The second-order valence-corrected chi connectivity index (χ2v) is 2.79. The molecule has 1 amide bonds. The fourth-order valence-electron chi connectivity index (χ4n) is 0.566. The zero-order valence-corrected chi connectivity index (χ0v) is 5.20. The summed E-state index contributed by atoms with van der Waals surface area (Å²) in [5, 5.41) is 2.87. The maximum absolute atomic E-state index is 10.4. The van der Waals surface area contributed by atoms with Crippen molar-refractivity contribution in [3.05, 3.63) is 0 Å². The molecule has 0 aliphatic carbocycles. The van der Waals surface area contributed by atoms with Crippen LogP contribution in [0.15, 0.2) is 0 Å². The number of hydrogen-bond donors (Lipinski definition) is 2. The molecule has 1 aliphatic rings. The normalized spacial score (nSPS) is 28.1. The number of rotatable bonds is 1. The smallest absolute Gasteiger partial charge is 0.230 e. The van der Waals surface area contributed by atoms with Gasteiger partial charge < -0.3 is 11.1 Å². The molecule has 46 valence electrons. The molecule has 0 saturated carbocycles. The lowest BCUT2D eigenvalue weighted by Gasteiger charge is -2.01. The predicted molar refractivity (Wildman–Crippen MR) is 33.4 cm³/mol. The maximum Gasteiger partial charge on any atom is 0.230 e. The second kappa shape index (κ2) is 2.37. The Kier molecular flexibility index (Phi) is 1.75. The van der Waals surface area contributed by atoms with E-state index in [0.29, 0.717) is 12.3 Å². The Balaban J connectivity index is 2.32. The van der Waals surface area contributed by atoms with Crippen LogP contribution in [0.3, 0.4) is 0 Å². The van der Waals surface area contributed by atoms with Crippen molar-refractivity contribution >= 4 is 17.7 Å². The summed E-state index contributed by atoms with van der Waals surface area (Å²) in [5.74, 6) is 0.674. The molecule has 8 heavy (non-hydrogen) atoms. The fraction of sp³-hybridized carbons (Fsp3) is 0.750. The average molecular weight is 132 g/mol. The molecular weight excluding hydrogens is 124 g/mol. The van der Waals surface area contributed by atoms with E-state index < -0.39 is 0 Å². The molecule has 4 heteroatoms. The molecule has 1 heterocycles. The van der Waals surface area contributed by atoms with Crippen LogP contribution in [0.4, 0.5) is 0 Å². The Hall–Kier alpha value is -0.220. The van der Waals surface area contributed by atoms with E-state index in [9.17, 15) is 4.79 Å². The zero-order valence-electron chi connectivity index (χ0n) is 4.39. The first-order chi connectivity index (χ1) is 3.83. The molecule has 3 N–H and O–H groups in total. The molecule has 1 rings (SSSR count). The SMILES string of the molecule is NCC1NC(=O)CS1. The molecule has 1 fully saturated rings. The first-order valence-corrected chi connectivity index (χ1v) is 3.49. The monoisotopic (exact) mass is 132 g/mol. The summed E-state index contributed by atoms with van der Waals surface area (Å²) in [5.41, 5.74) is 5.26. The van der Waals surface area contributed by atoms with Crippen LogP contribution in [-0.2, 0) is 4.79 Å². The molecule has 0 aromatic rings. The quantitative estimate of drug-likeness (QED) is 0.488. The summed E-state index contributed by atoms with van der Waals surface area (Å²) < 4.78 is 0. The van der Waals surface area contributed by atoms with Crippen LogP contribution in [0.2, 0.25) is 0 Å².